The third-order valence-corrected chi connectivity index (χ3v) is 4.11. The van der Waals surface area contributed by atoms with E-state index >= 15 is 0 Å². The monoisotopic (exact) mass is 315 g/mol. The second-order valence-corrected chi connectivity index (χ2v) is 6.02. The zero-order valence-corrected chi connectivity index (χ0v) is 12.9. The van der Waals surface area contributed by atoms with Crippen LogP contribution in [0.4, 0.5) is 5.69 Å². The third kappa shape index (κ3) is 3.78. The quantitative estimate of drug-likeness (QED) is 0.901. The van der Waals surface area contributed by atoms with Crippen molar-refractivity contribution in [2.75, 3.05) is 18.4 Å². The van der Waals surface area contributed by atoms with Gasteiger partial charge in [0.15, 0.2) is 0 Å². The van der Waals surface area contributed by atoms with Crippen LogP contribution in [-0.4, -0.2) is 36.0 Å². The summed E-state index contributed by atoms with van der Waals surface area (Å²) in [5.41, 5.74) is 6.74. The Morgan fingerprint density at radius 1 is 1.40 bits per heavy atom. The molecule has 1 aromatic carbocycles. The highest BCUT2D eigenvalue weighted by Crippen LogP contribution is 2.22. The number of hydrogen-bond donors (Lipinski definition) is 2. The largest absolute Gasteiger partial charge is 0.376 e. The summed E-state index contributed by atoms with van der Waals surface area (Å²) in [4.78, 5) is 14.1. The van der Waals surface area contributed by atoms with E-state index in [0.717, 1.165) is 25.1 Å². The second kappa shape index (κ2) is 6.66. The molecule has 4 nitrogen and oxygen atoms in total. The molecule has 0 bridgehead atoms. The van der Waals surface area contributed by atoms with Gasteiger partial charge in [0, 0.05) is 34.4 Å². The first kappa shape index (κ1) is 15.4. The average molecular weight is 316 g/mol. The normalized spacial score (nSPS) is 22.7. The first-order chi connectivity index (χ1) is 9.47. The first-order valence-electron chi connectivity index (χ1n) is 6.72. The number of anilines is 1. The molecule has 2 rings (SSSR count). The smallest absolute Gasteiger partial charge is 0.242 e. The number of amides is 1. The number of piperidine rings is 1. The Kier molecular flexibility index (Phi) is 5.13. The van der Waals surface area contributed by atoms with Crippen LogP contribution in [0.2, 0.25) is 10.0 Å². The Morgan fingerprint density at radius 2 is 2.05 bits per heavy atom. The molecule has 1 aromatic rings. The van der Waals surface area contributed by atoms with Gasteiger partial charge in [0.1, 0.15) is 0 Å². The van der Waals surface area contributed by atoms with Crippen molar-refractivity contribution in [2.24, 2.45) is 5.73 Å². The van der Waals surface area contributed by atoms with Gasteiger partial charge < -0.3 is 16.0 Å². The zero-order valence-electron chi connectivity index (χ0n) is 11.4. The molecule has 1 amide bonds. The number of nitrogens with two attached hydrogens (primary N) is 1. The van der Waals surface area contributed by atoms with E-state index in [0.29, 0.717) is 10.0 Å². The van der Waals surface area contributed by atoms with E-state index in [1.54, 1.807) is 18.2 Å². The third-order valence-electron chi connectivity index (χ3n) is 3.67. The standard InChI is InChI=1S/C14H19Cl2N3O/c1-9-13(17)3-2-4-19(9)14(20)8-18-12-6-10(15)5-11(16)7-12/h5-7,9,13,18H,2-4,8,17H2,1H3. The Bertz CT molecular complexity index is 475. The summed E-state index contributed by atoms with van der Waals surface area (Å²) in [6.07, 6.45) is 1.93. The van der Waals surface area contributed by atoms with Crippen LogP contribution in [0, 0.1) is 0 Å². The van der Waals surface area contributed by atoms with Gasteiger partial charge in [-0.2, -0.15) is 0 Å². The minimum Gasteiger partial charge on any atom is -0.376 e. The number of hydrogen-bond acceptors (Lipinski definition) is 3. The van der Waals surface area contributed by atoms with Gasteiger partial charge in [-0.1, -0.05) is 23.2 Å². The highest BCUT2D eigenvalue weighted by atomic mass is 35.5. The molecule has 6 heteroatoms. The van der Waals surface area contributed by atoms with Gasteiger partial charge in [-0.15, -0.1) is 0 Å². The fourth-order valence-corrected chi connectivity index (χ4v) is 2.99. The molecule has 1 fully saturated rings. The van der Waals surface area contributed by atoms with E-state index in [4.69, 9.17) is 28.9 Å². The topological polar surface area (TPSA) is 58.4 Å². The lowest BCUT2D eigenvalue weighted by Gasteiger charge is -2.37. The summed E-state index contributed by atoms with van der Waals surface area (Å²) in [6.45, 7) is 2.98. The van der Waals surface area contributed by atoms with E-state index in [-0.39, 0.29) is 24.5 Å². The van der Waals surface area contributed by atoms with Crippen molar-refractivity contribution in [1.29, 1.82) is 0 Å². The molecule has 1 heterocycles. The number of nitrogens with zero attached hydrogens (tertiary/aromatic N) is 1. The van der Waals surface area contributed by atoms with Crippen molar-refractivity contribution in [1.82, 2.24) is 4.90 Å². The lowest BCUT2D eigenvalue weighted by Crippen LogP contribution is -2.53. The van der Waals surface area contributed by atoms with Crippen molar-refractivity contribution in [3.63, 3.8) is 0 Å². The van der Waals surface area contributed by atoms with Crippen LogP contribution in [0.3, 0.4) is 0 Å². The van der Waals surface area contributed by atoms with Crippen LogP contribution >= 0.6 is 23.2 Å². The predicted molar refractivity (Wildman–Crippen MR) is 83.3 cm³/mol. The molecule has 0 radical (unpaired) electrons. The molecule has 0 aromatic heterocycles. The number of carbonyl (C=O) groups excluding carboxylic acids is 1. The fraction of sp³-hybridized carbons (Fsp3) is 0.500. The molecule has 3 N–H and O–H groups in total. The van der Waals surface area contributed by atoms with Crippen molar-refractivity contribution >= 4 is 34.8 Å². The van der Waals surface area contributed by atoms with Crippen molar-refractivity contribution in [3.8, 4) is 0 Å². The fourth-order valence-electron chi connectivity index (χ4n) is 2.46. The maximum absolute atomic E-state index is 12.2. The summed E-state index contributed by atoms with van der Waals surface area (Å²) in [5, 5.41) is 4.14. The van der Waals surface area contributed by atoms with Gasteiger partial charge in [-0.3, -0.25) is 4.79 Å². The van der Waals surface area contributed by atoms with Gasteiger partial charge in [-0.05, 0) is 38.0 Å². The van der Waals surface area contributed by atoms with Crippen molar-refractivity contribution in [2.45, 2.75) is 31.8 Å². The summed E-state index contributed by atoms with van der Waals surface area (Å²) in [7, 11) is 0. The van der Waals surface area contributed by atoms with E-state index in [2.05, 4.69) is 5.32 Å². The molecule has 0 spiro atoms. The van der Waals surface area contributed by atoms with Crippen molar-refractivity contribution < 1.29 is 4.79 Å². The summed E-state index contributed by atoms with van der Waals surface area (Å²) >= 11 is 11.8. The molecule has 1 aliphatic heterocycles. The van der Waals surface area contributed by atoms with E-state index in [9.17, 15) is 4.79 Å². The molecule has 20 heavy (non-hydrogen) atoms. The van der Waals surface area contributed by atoms with Gasteiger partial charge in [0.05, 0.1) is 6.54 Å². The minimum absolute atomic E-state index is 0.0451. The SMILES string of the molecule is CC1C(N)CCCN1C(=O)CNc1cc(Cl)cc(Cl)c1. The lowest BCUT2D eigenvalue weighted by atomic mass is 9.98. The molecule has 0 aliphatic carbocycles. The second-order valence-electron chi connectivity index (χ2n) is 5.15. The minimum atomic E-state index is 0.0451. The Labute approximate surface area is 129 Å². The number of benzene rings is 1. The summed E-state index contributed by atoms with van der Waals surface area (Å²) in [5.74, 6) is 0.0451. The molecule has 110 valence electrons. The van der Waals surface area contributed by atoms with Crippen LogP contribution in [0.15, 0.2) is 18.2 Å². The Morgan fingerprint density at radius 3 is 2.70 bits per heavy atom. The van der Waals surface area contributed by atoms with E-state index in [1.807, 2.05) is 11.8 Å². The molecule has 1 saturated heterocycles. The van der Waals surface area contributed by atoms with Crippen LogP contribution < -0.4 is 11.1 Å². The number of likely N-dealkylation sites (tertiary alicyclic amines) is 1. The van der Waals surface area contributed by atoms with Crippen LogP contribution in [0.5, 0.6) is 0 Å². The van der Waals surface area contributed by atoms with Gasteiger partial charge in [0.25, 0.3) is 0 Å². The Hall–Kier alpha value is -0.970. The number of rotatable bonds is 3. The molecule has 2 unspecified atom stereocenters. The average Bonchev–Trinajstić information content (AvgIpc) is 2.38. The highest BCUT2D eigenvalue weighted by molar-refractivity contribution is 6.35. The van der Waals surface area contributed by atoms with Crippen LogP contribution in [0.1, 0.15) is 19.8 Å². The molecule has 2 atom stereocenters. The lowest BCUT2D eigenvalue weighted by molar-refractivity contribution is -0.132. The number of nitrogens with one attached hydrogen (secondary N) is 1. The van der Waals surface area contributed by atoms with Gasteiger partial charge >= 0.3 is 0 Å². The van der Waals surface area contributed by atoms with Gasteiger partial charge in [-0.25, -0.2) is 0 Å². The van der Waals surface area contributed by atoms with Crippen LogP contribution in [0.25, 0.3) is 0 Å². The highest BCUT2D eigenvalue weighted by Gasteiger charge is 2.28. The molecular weight excluding hydrogens is 297 g/mol. The molecule has 1 aliphatic rings. The van der Waals surface area contributed by atoms with E-state index < -0.39 is 0 Å². The first-order valence-corrected chi connectivity index (χ1v) is 7.48. The summed E-state index contributed by atoms with van der Waals surface area (Å²) in [6, 6.07) is 5.29. The Balaban J connectivity index is 1.94. The predicted octanol–water partition coefficient (Wildman–Crippen LogP) is 2.74. The zero-order chi connectivity index (χ0) is 14.7. The van der Waals surface area contributed by atoms with Crippen molar-refractivity contribution in [3.05, 3.63) is 28.2 Å². The summed E-state index contributed by atoms with van der Waals surface area (Å²) < 4.78 is 0. The van der Waals surface area contributed by atoms with Gasteiger partial charge in [0.2, 0.25) is 5.91 Å². The number of carbonyl (C=O) groups is 1. The van der Waals surface area contributed by atoms with Crippen LogP contribution in [-0.2, 0) is 4.79 Å². The maximum atomic E-state index is 12.2. The maximum Gasteiger partial charge on any atom is 0.242 e. The number of halogens is 2. The van der Waals surface area contributed by atoms with E-state index in [1.165, 1.54) is 0 Å². The molecular formula is C14H19Cl2N3O. The molecule has 0 saturated carbocycles.